The molecule has 0 saturated carbocycles. The molecule has 174 valence electrons. The Morgan fingerprint density at radius 1 is 1.09 bits per heavy atom. The van der Waals surface area contributed by atoms with Gasteiger partial charge in [0, 0.05) is 36.6 Å². The molecule has 1 aliphatic rings. The summed E-state index contributed by atoms with van der Waals surface area (Å²) in [6, 6.07) is 13.9. The predicted molar refractivity (Wildman–Crippen MR) is 124 cm³/mol. The van der Waals surface area contributed by atoms with Gasteiger partial charge in [0.1, 0.15) is 0 Å². The van der Waals surface area contributed by atoms with Crippen LogP contribution in [0.4, 0.5) is 0 Å². The summed E-state index contributed by atoms with van der Waals surface area (Å²) in [5, 5.41) is 8.62. The number of aromatic nitrogens is 2. The molecule has 1 saturated heterocycles. The van der Waals surface area contributed by atoms with Crippen LogP contribution >= 0.6 is 11.6 Å². The van der Waals surface area contributed by atoms with Crippen LogP contribution in [-0.2, 0) is 21.4 Å². The van der Waals surface area contributed by atoms with Crippen molar-refractivity contribution in [2.45, 2.75) is 31.2 Å². The second kappa shape index (κ2) is 9.62. The Morgan fingerprint density at radius 3 is 2.36 bits per heavy atom. The molecule has 1 amide bonds. The average Bonchev–Trinajstić information content (AvgIpc) is 3.28. The first-order valence-electron chi connectivity index (χ1n) is 10.6. The fourth-order valence-corrected chi connectivity index (χ4v) is 5.42. The number of aryl methyl sites for hydroxylation is 1. The molecule has 0 bridgehead atoms. The summed E-state index contributed by atoms with van der Waals surface area (Å²) >= 11 is 5.86. The van der Waals surface area contributed by atoms with Gasteiger partial charge in [-0.2, -0.15) is 4.31 Å². The Balaban J connectivity index is 1.34. The Bertz CT molecular complexity index is 1220. The molecular formula is C23H25ClN4O4S. The number of carbonyl (C=O) groups is 1. The molecule has 0 unspecified atom stereocenters. The molecule has 0 N–H and O–H groups in total. The first kappa shape index (κ1) is 23.4. The Morgan fingerprint density at radius 2 is 1.73 bits per heavy atom. The molecule has 0 aliphatic carbocycles. The van der Waals surface area contributed by atoms with E-state index < -0.39 is 10.0 Å². The van der Waals surface area contributed by atoms with Crippen molar-refractivity contribution in [2.75, 3.05) is 20.1 Å². The number of nitrogens with zero attached hydrogens (tertiary/aromatic N) is 4. The quantitative estimate of drug-likeness (QED) is 0.524. The molecule has 1 aromatic heterocycles. The SMILES string of the molecule is Cc1ccc(-c2nnc(CN(C)C(=O)C3CCN(S(=O)(=O)c4ccc(Cl)cc4)CC3)o2)cc1. The second-order valence-corrected chi connectivity index (χ2v) is 10.6. The smallest absolute Gasteiger partial charge is 0.247 e. The lowest BCUT2D eigenvalue weighted by Crippen LogP contribution is -2.43. The normalized spacial score (nSPS) is 15.5. The van der Waals surface area contributed by atoms with Gasteiger partial charge in [0.15, 0.2) is 0 Å². The Kier molecular flexibility index (Phi) is 6.83. The zero-order chi connectivity index (χ0) is 23.6. The van der Waals surface area contributed by atoms with Crippen molar-refractivity contribution in [1.82, 2.24) is 19.4 Å². The van der Waals surface area contributed by atoms with E-state index in [1.165, 1.54) is 16.4 Å². The zero-order valence-corrected chi connectivity index (χ0v) is 20.0. The van der Waals surface area contributed by atoms with Crippen LogP contribution in [0.5, 0.6) is 0 Å². The van der Waals surface area contributed by atoms with Crippen LogP contribution in [0.2, 0.25) is 5.02 Å². The van der Waals surface area contributed by atoms with E-state index in [1.54, 1.807) is 24.1 Å². The molecule has 3 aromatic rings. The summed E-state index contributed by atoms with van der Waals surface area (Å²) in [5.41, 5.74) is 1.96. The summed E-state index contributed by atoms with van der Waals surface area (Å²) in [4.78, 5) is 14.7. The predicted octanol–water partition coefficient (Wildman–Crippen LogP) is 3.76. The van der Waals surface area contributed by atoms with Crippen LogP contribution in [-0.4, -0.2) is 53.9 Å². The number of benzene rings is 2. The van der Waals surface area contributed by atoms with Crippen LogP contribution in [0.1, 0.15) is 24.3 Å². The minimum Gasteiger partial charge on any atom is -0.419 e. The number of halogens is 1. The van der Waals surface area contributed by atoms with Crippen molar-refractivity contribution in [3.05, 3.63) is 65.0 Å². The molecule has 8 nitrogen and oxygen atoms in total. The molecule has 4 rings (SSSR count). The second-order valence-electron chi connectivity index (χ2n) is 8.19. The number of amides is 1. The fraction of sp³-hybridized carbons (Fsp3) is 0.348. The maximum atomic E-state index is 12.9. The van der Waals surface area contributed by atoms with Crippen molar-refractivity contribution >= 4 is 27.5 Å². The van der Waals surface area contributed by atoms with E-state index in [0.717, 1.165) is 11.1 Å². The summed E-state index contributed by atoms with van der Waals surface area (Å²) in [5.74, 6) is 0.440. The van der Waals surface area contributed by atoms with Gasteiger partial charge in [0.2, 0.25) is 27.7 Å². The standard InChI is InChI=1S/C23H25ClN4O4S/c1-16-3-5-17(6-4-16)22-26-25-21(32-22)15-27(2)23(29)18-11-13-28(14-12-18)33(30,31)20-9-7-19(24)8-10-20/h3-10,18H,11-15H2,1-2H3. The van der Waals surface area contributed by atoms with E-state index >= 15 is 0 Å². The van der Waals surface area contributed by atoms with Gasteiger partial charge < -0.3 is 9.32 Å². The highest BCUT2D eigenvalue weighted by Gasteiger charge is 2.33. The molecule has 2 heterocycles. The Hall–Kier alpha value is -2.75. The van der Waals surface area contributed by atoms with Crippen molar-refractivity contribution < 1.29 is 17.6 Å². The van der Waals surface area contributed by atoms with Gasteiger partial charge in [0.05, 0.1) is 11.4 Å². The van der Waals surface area contributed by atoms with Crippen molar-refractivity contribution in [3.63, 3.8) is 0 Å². The third kappa shape index (κ3) is 5.26. The van der Waals surface area contributed by atoms with E-state index in [4.69, 9.17) is 16.0 Å². The molecule has 1 aliphatic heterocycles. The van der Waals surface area contributed by atoms with E-state index in [1.807, 2.05) is 31.2 Å². The third-order valence-electron chi connectivity index (χ3n) is 5.77. The highest BCUT2D eigenvalue weighted by atomic mass is 35.5. The third-order valence-corrected chi connectivity index (χ3v) is 7.93. The maximum absolute atomic E-state index is 12.9. The molecule has 1 fully saturated rings. The van der Waals surface area contributed by atoms with Gasteiger partial charge in [0.25, 0.3) is 0 Å². The lowest BCUT2D eigenvalue weighted by Gasteiger charge is -2.32. The van der Waals surface area contributed by atoms with Gasteiger partial charge in [-0.3, -0.25) is 4.79 Å². The molecule has 0 radical (unpaired) electrons. The summed E-state index contributed by atoms with van der Waals surface area (Å²) in [7, 11) is -1.92. The molecule has 0 spiro atoms. The number of rotatable bonds is 6. The van der Waals surface area contributed by atoms with Crippen LogP contribution in [0.15, 0.2) is 57.8 Å². The summed E-state index contributed by atoms with van der Waals surface area (Å²) in [6.07, 6.45) is 0.906. The van der Waals surface area contributed by atoms with E-state index in [0.29, 0.717) is 29.6 Å². The van der Waals surface area contributed by atoms with Gasteiger partial charge in [-0.15, -0.1) is 10.2 Å². The first-order valence-corrected chi connectivity index (χ1v) is 12.5. The molecule has 10 heteroatoms. The number of piperidine rings is 1. The molecular weight excluding hydrogens is 464 g/mol. The summed E-state index contributed by atoms with van der Waals surface area (Å²) < 4.78 is 32.8. The molecule has 2 aromatic carbocycles. The van der Waals surface area contributed by atoms with Gasteiger partial charge in [-0.1, -0.05) is 29.3 Å². The van der Waals surface area contributed by atoms with Crippen LogP contribution in [0.25, 0.3) is 11.5 Å². The van der Waals surface area contributed by atoms with Crippen molar-refractivity contribution in [1.29, 1.82) is 0 Å². The van der Waals surface area contributed by atoms with Gasteiger partial charge in [-0.25, -0.2) is 8.42 Å². The lowest BCUT2D eigenvalue weighted by atomic mass is 9.97. The zero-order valence-electron chi connectivity index (χ0n) is 18.4. The number of hydrogen-bond donors (Lipinski definition) is 0. The average molecular weight is 489 g/mol. The van der Waals surface area contributed by atoms with Gasteiger partial charge >= 0.3 is 0 Å². The number of sulfonamides is 1. The molecule has 0 atom stereocenters. The highest BCUT2D eigenvalue weighted by Crippen LogP contribution is 2.26. The minimum atomic E-state index is -3.61. The monoisotopic (exact) mass is 488 g/mol. The van der Waals surface area contributed by atoms with Crippen LogP contribution in [0, 0.1) is 12.8 Å². The van der Waals surface area contributed by atoms with Crippen molar-refractivity contribution in [2.24, 2.45) is 5.92 Å². The number of carbonyl (C=O) groups excluding carboxylic acids is 1. The fourth-order valence-electron chi connectivity index (χ4n) is 3.82. The topological polar surface area (TPSA) is 96.6 Å². The van der Waals surface area contributed by atoms with Gasteiger partial charge in [-0.05, 0) is 56.2 Å². The van der Waals surface area contributed by atoms with E-state index in [-0.39, 0.29) is 36.4 Å². The first-order chi connectivity index (χ1) is 15.7. The molecule has 33 heavy (non-hydrogen) atoms. The van der Waals surface area contributed by atoms with Crippen molar-refractivity contribution in [3.8, 4) is 11.5 Å². The Labute approximate surface area is 198 Å². The lowest BCUT2D eigenvalue weighted by molar-refractivity contribution is -0.136. The number of hydrogen-bond acceptors (Lipinski definition) is 6. The maximum Gasteiger partial charge on any atom is 0.247 e. The summed E-state index contributed by atoms with van der Waals surface area (Å²) in [6.45, 7) is 2.77. The van der Waals surface area contributed by atoms with E-state index in [9.17, 15) is 13.2 Å². The van der Waals surface area contributed by atoms with E-state index in [2.05, 4.69) is 10.2 Å². The van der Waals surface area contributed by atoms with Crippen LogP contribution in [0.3, 0.4) is 0 Å². The van der Waals surface area contributed by atoms with Crippen LogP contribution < -0.4 is 0 Å². The highest BCUT2D eigenvalue weighted by molar-refractivity contribution is 7.89. The minimum absolute atomic E-state index is 0.0615. The largest absolute Gasteiger partial charge is 0.419 e.